The van der Waals surface area contributed by atoms with Crippen molar-refractivity contribution >= 4 is 11.6 Å². The molecular weight excluding hydrogens is 312 g/mol. The van der Waals surface area contributed by atoms with E-state index in [0.717, 1.165) is 24.1 Å². The van der Waals surface area contributed by atoms with E-state index in [0.29, 0.717) is 36.3 Å². The van der Waals surface area contributed by atoms with Crippen LogP contribution in [0.2, 0.25) is 0 Å². The average Bonchev–Trinajstić information content (AvgIpc) is 3.04. The van der Waals surface area contributed by atoms with E-state index in [1.807, 2.05) is 23.1 Å². The molecule has 0 radical (unpaired) electrons. The first-order chi connectivity index (χ1) is 12.2. The van der Waals surface area contributed by atoms with Gasteiger partial charge in [-0.25, -0.2) is 0 Å². The normalized spacial score (nSPS) is 13.4. The van der Waals surface area contributed by atoms with Gasteiger partial charge in [0.15, 0.2) is 0 Å². The number of hydrogen-bond donors (Lipinski definition) is 1. The number of nitriles is 2. The van der Waals surface area contributed by atoms with E-state index in [1.54, 1.807) is 18.2 Å². The number of carbonyl (C=O) groups excluding carboxylic acids is 1. The van der Waals surface area contributed by atoms with Crippen molar-refractivity contribution in [3.05, 3.63) is 64.7 Å². The van der Waals surface area contributed by atoms with Crippen LogP contribution in [0.25, 0.3) is 0 Å². The van der Waals surface area contributed by atoms with Gasteiger partial charge in [0.2, 0.25) is 5.91 Å². The number of para-hydroxylation sites is 1. The summed E-state index contributed by atoms with van der Waals surface area (Å²) in [6.07, 6.45) is 1.57. The zero-order chi connectivity index (χ0) is 17.6. The Hall–Kier alpha value is -3.31. The van der Waals surface area contributed by atoms with Crippen molar-refractivity contribution in [3.63, 3.8) is 0 Å². The number of nitrogens with one attached hydrogen (secondary N) is 1. The van der Waals surface area contributed by atoms with Crippen LogP contribution in [0.5, 0.6) is 0 Å². The molecule has 1 saturated heterocycles. The zero-order valence-corrected chi connectivity index (χ0v) is 13.8. The lowest BCUT2D eigenvalue weighted by atomic mass is 10.1. The van der Waals surface area contributed by atoms with Crippen LogP contribution in [-0.2, 0) is 17.9 Å². The van der Waals surface area contributed by atoms with Crippen molar-refractivity contribution in [2.24, 2.45) is 0 Å². The summed E-state index contributed by atoms with van der Waals surface area (Å²) in [4.78, 5) is 13.6. The highest BCUT2D eigenvalue weighted by atomic mass is 16.2. The summed E-state index contributed by atoms with van der Waals surface area (Å²) in [6.45, 7) is 1.96. The summed E-state index contributed by atoms with van der Waals surface area (Å²) in [5.41, 5.74) is 3.60. The average molecular weight is 330 g/mol. The first-order valence-electron chi connectivity index (χ1n) is 8.24. The maximum atomic E-state index is 11.8. The Labute approximate surface area is 147 Å². The molecule has 0 spiro atoms. The Bertz CT molecular complexity index is 844. The largest absolute Gasteiger partial charge is 0.379 e. The molecule has 1 heterocycles. The Morgan fingerprint density at radius 3 is 2.36 bits per heavy atom. The van der Waals surface area contributed by atoms with Gasteiger partial charge < -0.3 is 10.2 Å². The molecule has 0 bridgehead atoms. The van der Waals surface area contributed by atoms with Gasteiger partial charge in [0, 0.05) is 26.1 Å². The second kappa shape index (κ2) is 7.51. The van der Waals surface area contributed by atoms with E-state index in [1.165, 1.54) is 0 Å². The topological polar surface area (TPSA) is 79.9 Å². The van der Waals surface area contributed by atoms with Crippen molar-refractivity contribution in [1.29, 1.82) is 10.5 Å². The molecule has 1 aliphatic heterocycles. The van der Waals surface area contributed by atoms with E-state index in [9.17, 15) is 15.3 Å². The molecule has 25 heavy (non-hydrogen) atoms. The molecule has 0 aliphatic carbocycles. The van der Waals surface area contributed by atoms with Gasteiger partial charge in [0.25, 0.3) is 0 Å². The SMILES string of the molecule is N#Cc1cccc(C#N)c1NCc1cccc(CN2CCCC2=O)c1. The summed E-state index contributed by atoms with van der Waals surface area (Å²) >= 11 is 0. The number of hydrogen-bond acceptors (Lipinski definition) is 4. The number of anilines is 1. The predicted molar refractivity (Wildman–Crippen MR) is 94.3 cm³/mol. The Balaban J connectivity index is 1.72. The molecule has 2 aromatic rings. The Morgan fingerprint density at radius 2 is 1.72 bits per heavy atom. The highest BCUT2D eigenvalue weighted by Crippen LogP contribution is 2.21. The lowest BCUT2D eigenvalue weighted by Crippen LogP contribution is -2.23. The second-order valence-electron chi connectivity index (χ2n) is 6.04. The number of benzene rings is 2. The van der Waals surface area contributed by atoms with Crippen LogP contribution in [0.4, 0.5) is 5.69 Å². The minimum Gasteiger partial charge on any atom is -0.379 e. The lowest BCUT2D eigenvalue weighted by Gasteiger charge is -2.16. The second-order valence-corrected chi connectivity index (χ2v) is 6.04. The van der Waals surface area contributed by atoms with Crippen molar-refractivity contribution in [2.45, 2.75) is 25.9 Å². The molecule has 1 amide bonds. The maximum absolute atomic E-state index is 11.8. The standard InChI is InChI=1S/C20H18N4O/c21-11-17-6-2-7-18(12-22)20(17)23-13-15-4-1-5-16(10-15)14-24-9-3-8-19(24)25/h1-2,4-7,10,23H,3,8-9,13-14H2. The van der Waals surface area contributed by atoms with Gasteiger partial charge in [-0.3, -0.25) is 4.79 Å². The van der Waals surface area contributed by atoms with Gasteiger partial charge in [0.1, 0.15) is 12.1 Å². The molecule has 5 heteroatoms. The minimum absolute atomic E-state index is 0.213. The zero-order valence-electron chi connectivity index (χ0n) is 13.8. The summed E-state index contributed by atoms with van der Waals surface area (Å²) < 4.78 is 0. The third kappa shape index (κ3) is 3.79. The van der Waals surface area contributed by atoms with Crippen molar-refractivity contribution in [2.75, 3.05) is 11.9 Å². The summed E-state index contributed by atoms with van der Waals surface area (Å²) in [6, 6.07) is 17.3. The molecule has 124 valence electrons. The lowest BCUT2D eigenvalue weighted by molar-refractivity contribution is -0.128. The van der Waals surface area contributed by atoms with Gasteiger partial charge in [-0.05, 0) is 29.7 Å². The molecular formula is C20H18N4O. The highest BCUT2D eigenvalue weighted by molar-refractivity contribution is 5.78. The molecule has 1 N–H and O–H groups in total. The summed E-state index contributed by atoms with van der Waals surface area (Å²) in [5.74, 6) is 0.213. The molecule has 0 aromatic heterocycles. The third-order valence-electron chi connectivity index (χ3n) is 4.31. The fraction of sp³-hybridized carbons (Fsp3) is 0.250. The number of rotatable bonds is 5. The van der Waals surface area contributed by atoms with Crippen molar-refractivity contribution in [1.82, 2.24) is 4.90 Å². The fourth-order valence-corrected chi connectivity index (χ4v) is 3.05. The van der Waals surface area contributed by atoms with Crippen LogP contribution < -0.4 is 5.32 Å². The predicted octanol–water partition coefficient (Wildman–Crippen LogP) is 3.16. The van der Waals surface area contributed by atoms with Crippen LogP contribution in [-0.4, -0.2) is 17.4 Å². The quantitative estimate of drug-likeness (QED) is 0.913. The van der Waals surface area contributed by atoms with E-state index in [2.05, 4.69) is 23.5 Å². The van der Waals surface area contributed by atoms with Crippen LogP contribution >= 0.6 is 0 Å². The first-order valence-corrected chi connectivity index (χ1v) is 8.24. The van der Waals surface area contributed by atoms with Gasteiger partial charge in [0.05, 0.1) is 16.8 Å². The minimum atomic E-state index is 0.213. The molecule has 0 unspecified atom stereocenters. The van der Waals surface area contributed by atoms with Crippen molar-refractivity contribution in [3.8, 4) is 12.1 Å². The van der Waals surface area contributed by atoms with E-state index < -0.39 is 0 Å². The number of nitrogens with zero attached hydrogens (tertiary/aromatic N) is 3. The highest BCUT2D eigenvalue weighted by Gasteiger charge is 2.19. The van der Waals surface area contributed by atoms with Gasteiger partial charge >= 0.3 is 0 Å². The van der Waals surface area contributed by atoms with E-state index >= 15 is 0 Å². The molecule has 1 fully saturated rings. The Kier molecular flexibility index (Phi) is 4.97. The third-order valence-corrected chi connectivity index (χ3v) is 4.31. The van der Waals surface area contributed by atoms with Crippen molar-refractivity contribution < 1.29 is 4.79 Å². The number of amides is 1. The van der Waals surface area contributed by atoms with Crippen LogP contribution in [0.1, 0.15) is 35.1 Å². The molecule has 3 rings (SSSR count). The molecule has 0 saturated carbocycles. The number of carbonyl (C=O) groups is 1. The fourth-order valence-electron chi connectivity index (χ4n) is 3.05. The van der Waals surface area contributed by atoms with Crippen LogP contribution in [0.3, 0.4) is 0 Å². The van der Waals surface area contributed by atoms with E-state index in [-0.39, 0.29) is 5.91 Å². The molecule has 2 aromatic carbocycles. The first kappa shape index (κ1) is 16.5. The molecule has 5 nitrogen and oxygen atoms in total. The molecule has 1 aliphatic rings. The van der Waals surface area contributed by atoms with Gasteiger partial charge in [-0.1, -0.05) is 30.3 Å². The summed E-state index contributed by atoms with van der Waals surface area (Å²) in [5, 5.41) is 21.7. The van der Waals surface area contributed by atoms with Gasteiger partial charge in [-0.2, -0.15) is 10.5 Å². The number of likely N-dealkylation sites (tertiary alicyclic amines) is 1. The van der Waals surface area contributed by atoms with Crippen LogP contribution in [0, 0.1) is 22.7 Å². The summed E-state index contributed by atoms with van der Waals surface area (Å²) in [7, 11) is 0. The Morgan fingerprint density at radius 1 is 1.04 bits per heavy atom. The monoisotopic (exact) mass is 330 g/mol. The molecule has 0 atom stereocenters. The van der Waals surface area contributed by atoms with E-state index in [4.69, 9.17) is 0 Å². The smallest absolute Gasteiger partial charge is 0.222 e. The maximum Gasteiger partial charge on any atom is 0.222 e. The van der Waals surface area contributed by atoms with Crippen LogP contribution in [0.15, 0.2) is 42.5 Å². The van der Waals surface area contributed by atoms with Gasteiger partial charge in [-0.15, -0.1) is 0 Å².